The minimum absolute atomic E-state index is 0.0811. The van der Waals surface area contributed by atoms with Gasteiger partial charge in [-0.05, 0) is 38.8 Å². The van der Waals surface area contributed by atoms with E-state index in [2.05, 4.69) is 20.6 Å². The Balaban J connectivity index is 2.41. The summed E-state index contributed by atoms with van der Waals surface area (Å²) in [5.41, 5.74) is 2.76. The molecule has 0 aliphatic carbocycles. The Bertz CT molecular complexity index is 718. The smallest absolute Gasteiger partial charge is 0.353 e. The number of benzene rings is 1. The van der Waals surface area contributed by atoms with Crippen LogP contribution in [-0.4, -0.2) is 20.9 Å². The van der Waals surface area contributed by atoms with Crippen LogP contribution in [0.4, 0.5) is 23.0 Å². The van der Waals surface area contributed by atoms with Crippen LogP contribution in [0.5, 0.6) is 0 Å². The second-order valence-corrected chi connectivity index (χ2v) is 5.57. The summed E-state index contributed by atoms with van der Waals surface area (Å²) in [7, 11) is 0. The van der Waals surface area contributed by atoms with Gasteiger partial charge < -0.3 is 10.6 Å². The summed E-state index contributed by atoms with van der Waals surface area (Å²) in [5.74, 6) is 0.411. The molecule has 122 valence electrons. The average molecular weight is 315 g/mol. The van der Waals surface area contributed by atoms with Crippen LogP contribution in [0, 0.1) is 24.0 Å². The minimum atomic E-state index is -0.462. The normalized spacial score (nSPS) is 11.8. The van der Waals surface area contributed by atoms with E-state index in [1.54, 1.807) is 0 Å². The molecule has 0 fully saturated rings. The number of nitrogens with one attached hydrogen (secondary N) is 2. The number of nitrogens with zero attached hydrogens (tertiary/aromatic N) is 3. The van der Waals surface area contributed by atoms with Gasteiger partial charge in [0, 0.05) is 11.7 Å². The molecule has 0 aliphatic heterocycles. The quantitative estimate of drug-likeness (QED) is 0.619. The highest BCUT2D eigenvalue weighted by molar-refractivity contribution is 5.74. The topological polar surface area (TPSA) is 93.0 Å². The van der Waals surface area contributed by atoms with Crippen molar-refractivity contribution in [1.29, 1.82) is 0 Å². The van der Waals surface area contributed by atoms with Crippen LogP contribution in [0.25, 0.3) is 0 Å². The van der Waals surface area contributed by atoms with Crippen molar-refractivity contribution in [2.24, 2.45) is 0 Å². The molecule has 2 aromatic rings. The lowest BCUT2D eigenvalue weighted by Gasteiger charge is -2.14. The molecule has 7 heteroatoms. The maximum Gasteiger partial charge on any atom is 0.353 e. The van der Waals surface area contributed by atoms with E-state index in [0.29, 0.717) is 0 Å². The van der Waals surface area contributed by atoms with Crippen LogP contribution in [0.2, 0.25) is 0 Å². The molecule has 2 rings (SSSR count). The van der Waals surface area contributed by atoms with Crippen LogP contribution in [0.15, 0.2) is 24.5 Å². The molecule has 0 saturated carbocycles. The lowest BCUT2D eigenvalue weighted by atomic mass is 10.1. The third-order valence-electron chi connectivity index (χ3n) is 3.64. The number of anilines is 3. The molecule has 0 spiro atoms. The van der Waals surface area contributed by atoms with E-state index >= 15 is 0 Å². The lowest BCUT2D eigenvalue weighted by molar-refractivity contribution is -0.383. The Morgan fingerprint density at radius 1 is 1.26 bits per heavy atom. The zero-order valence-electron chi connectivity index (χ0n) is 13.8. The van der Waals surface area contributed by atoms with Gasteiger partial charge in [-0.3, -0.25) is 10.1 Å². The molecule has 0 amide bonds. The van der Waals surface area contributed by atoms with E-state index in [1.165, 1.54) is 6.33 Å². The monoisotopic (exact) mass is 315 g/mol. The van der Waals surface area contributed by atoms with E-state index in [4.69, 9.17) is 0 Å². The molecule has 0 bridgehead atoms. The van der Waals surface area contributed by atoms with Gasteiger partial charge in [0.1, 0.15) is 6.33 Å². The van der Waals surface area contributed by atoms with Crippen molar-refractivity contribution in [1.82, 2.24) is 9.97 Å². The van der Waals surface area contributed by atoms with Crippen molar-refractivity contribution >= 4 is 23.0 Å². The van der Waals surface area contributed by atoms with E-state index in [9.17, 15) is 10.1 Å². The molecule has 1 unspecified atom stereocenters. The average Bonchev–Trinajstić information content (AvgIpc) is 2.49. The van der Waals surface area contributed by atoms with Crippen molar-refractivity contribution in [2.75, 3.05) is 10.6 Å². The molecule has 0 saturated heterocycles. The number of nitro groups is 1. The van der Waals surface area contributed by atoms with Gasteiger partial charge in [-0.25, -0.2) is 9.97 Å². The van der Waals surface area contributed by atoms with Crippen LogP contribution in [0.1, 0.15) is 31.4 Å². The Hall–Kier alpha value is -2.70. The Labute approximate surface area is 135 Å². The van der Waals surface area contributed by atoms with Crippen molar-refractivity contribution < 1.29 is 4.92 Å². The fourth-order valence-corrected chi connectivity index (χ4v) is 2.17. The zero-order chi connectivity index (χ0) is 17.0. The van der Waals surface area contributed by atoms with Gasteiger partial charge in [-0.15, -0.1) is 0 Å². The van der Waals surface area contributed by atoms with Gasteiger partial charge in [-0.2, -0.15) is 0 Å². The van der Waals surface area contributed by atoms with Crippen molar-refractivity contribution in [3.05, 3.63) is 45.8 Å². The lowest BCUT2D eigenvalue weighted by Crippen LogP contribution is -2.16. The zero-order valence-corrected chi connectivity index (χ0v) is 13.8. The van der Waals surface area contributed by atoms with Gasteiger partial charge in [-0.1, -0.05) is 24.6 Å². The molecule has 1 heterocycles. The molecule has 0 radical (unpaired) electrons. The SMILES string of the molecule is CCC(C)Nc1ncnc(Nc2ccc(C)cc2C)c1[N+](=O)[O-]. The first kappa shape index (κ1) is 16.7. The van der Waals surface area contributed by atoms with E-state index in [0.717, 1.165) is 23.2 Å². The highest BCUT2D eigenvalue weighted by Crippen LogP contribution is 2.32. The Morgan fingerprint density at radius 3 is 2.57 bits per heavy atom. The largest absolute Gasteiger partial charge is 0.362 e. The summed E-state index contributed by atoms with van der Waals surface area (Å²) in [6.45, 7) is 7.89. The predicted molar refractivity (Wildman–Crippen MR) is 91.3 cm³/mol. The fourth-order valence-electron chi connectivity index (χ4n) is 2.17. The highest BCUT2D eigenvalue weighted by Gasteiger charge is 2.24. The van der Waals surface area contributed by atoms with Gasteiger partial charge in [0.05, 0.1) is 4.92 Å². The van der Waals surface area contributed by atoms with Crippen LogP contribution >= 0.6 is 0 Å². The van der Waals surface area contributed by atoms with Crippen LogP contribution < -0.4 is 10.6 Å². The summed E-state index contributed by atoms with van der Waals surface area (Å²) in [6, 6.07) is 5.92. The third kappa shape index (κ3) is 3.94. The molecular weight excluding hydrogens is 294 g/mol. The van der Waals surface area contributed by atoms with E-state index in [-0.39, 0.29) is 23.4 Å². The van der Waals surface area contributed by atoms with Crippen molar-refractivity contribution in [2.45, 2.75) is 40.2 Å². The number of hydrogen-bond acceptors (Lipinski definition) is 6. The minimum Gasteiger partial charge on any atom is -0.362 e. The Morgan fingerprint density at radius 2 is 1.96 bits per heavy atom. The highest BCUT2D eigenvalue weighted by atomic mass is 16.6. The second kappa shape index (κ2) is 7.04. The van der Waals surface area contributed by atoms with Gasteiger partial charge in [0.15, 0.2) is 0 Å². The number of aromatic nitrogens is 2. The number of rotatable bonds is 6. The molecule has 1 atom stereocenters. The van der Waals surface area contributed by atoms with Crippen LogP contribution in [0.3, 0.4) is 0 Å². The summed E-state index contributed by atoms with van der Waals surface area (Å²) >= 11 is 0. The Kier molecular flexibility index (Phi) is 5.10. The summed E-state index contributed by atoms with van der Waals surface area (Å²) in [6.07, 6.45) is 2.16. The molecule has 0 aliphatic rings. The third-order valence-corrected chi connectivity index (χ3v) is 3.64. The summed E-state index contributed by atoms with van der Waals surface area (Å²) in [4.78, 5) is 19.1. The number of hydrogen-bond donors (Lipinski definition) is 2. The van der Waals surface area contributed by atoms with Crippen molar-refractivity contribution in [3.8, 4) is 0 Å². The molecule has 2 N–H and O–H groups in total. The van der Waals surface area contributed by atoms with Crippen molar-refractivity contribution in [3.63, 3.8) is 0 Å². The standard InChI is InChI=1S/C16H21N5O2/c1-5-12(4)19-15-14(21(22)23)16(18-9-17-15)20-13-7-6-10(2)8-11(13)3/h6-9,12H,5H2,1-4H3,(H2,17,18,19,20). The number of aryl methyl sites for hydroxylation is 2. The maximum absolute atomic E-state index is 11.5. The molecular formula is C16H21N5O2. The molecule has 1 aromatic heterocycles. The summed E-state index contributed by atoms with van der Waals surface area (Å²) < 4.78 is 0. The van der Waals surface area contributed by atoms with Gasteiger partial charge in [0.2, 0.25) is 11.6 Å². The first-order valence-electron chi connectivity index (χ1n) is 7.52. The van der Waals surface area contributed by atoms with Gasteiger partial charge >= 0.3 is 5.69 Å². The fraction of sp³-hybridized carbons (Fsp3) is 0.375. The molecule has 1 aromatic carbocycles. The summed E-state index contributed by atoms with van der Waals surface area (Å²) in [5, 5.41) is 17.6. The first-order chi connectivity index (χ1) is 10.9. The first-order valence-corrected chi connectivity index (χ1v) is 7.52. The molecule has 23 heavy (non-hydrogen) atoms. The maximum atomic E-state index is 11.5. The second-order valence-electron chi connectivity index (χ2n) is 5.57. The molecule has 7 nitrogen and oxygen atoms in total. The van der Waals surface area contributed by atoms with Gasteiger partial charge in [0.25, 0.3) is 0 Å². The van der Waals surface area contributed by atoms with Crippen LogP contribution in [-0.2, 0) is 0 Å². The van der Waals surface area contributed by atoms with E-state index < -0.39 is 4.92 Å². The van der Waals surface area contributed by atoms with E-state index in [1.807, 2.05) is 45.9 Å². The predicted octanol–water partition coefficient (Wildman–Crippen LogP) is 3.96.